The third kappa shape index (κ3) is 31.3. The number of nitrogens with one attached hydrogen (secondary N) is 3. The second kappa shape index (κ2) is 44.2. The molecule has 3 heterocycles. The standard InChI is InChI=1S/C25H37N7O.C8H17NO3.C6H9NO4.C6H14.2C2H6/c1-4-5-6-10-27-24-23-21(28-25(26)29-24)9-11-32(23)18-20-8-7-19(16-22(20)33-3)17-31-14-12-30(2)13-15-31;1-9-3-6-12-8-7-11-5-2-4-10;8-4-3-7-5(9)1-2-6(10)11;1-3-5-6-4-2;2*1-2/h7-9,11,16H,4-6,10,12-15,17-18H2,1-3H3,(H3,26,27,28,29);4,9H,2-3,5-8H2,1H3;4H,1-3H2,(H,7,9)(H,10,11);3-6H2,1-2H3;2*1-2H3. The Bertz CT molecular complexity index is 1650. The van der Waals surface area contributed by atoms with Crippen LogP contribution in [0, 0.1) is 0 Å². The number of ether oxygens (including phenoxy) is 3. The van der Waals surface area contributed by atoms with Crippen LogP contribution in [0.3, 0.4) is 0 Å². The highest BCUT2D eigenvalue weighted by atomic mass is 16.5. The van der Waals surface area contributed by atoms with Gasteiger partial charge in [0.25, 0.3) is 0 Å². The predicted molar refractivity (Wildman–Crippen MR) is 270 cm³/mol. The second-order valence-electron chi connectivity index (χ2n) is 14.8. The van der Waals surface area contributed by atoms with E-state index in [1.54, 1.807) is 7.11 Å². The van der Waals surface area contributed by atoms with Crippen LogP contribution in [0.1, 0.15) is 124 Å². The SMILES string of the molecule is CC.CC.CCCCCC.CCCCCNc1nc(N)nc2ccn(Cc3ccc(CN4CCN(C)CC4)cc3OC)c12.CNCCOCCOCCC=O.O=CCNC(=O)CCC(=O)O. The Hall–Kier alpha value is -4.68. The van der Waals surface area contributed by atoms with Crippen molar-refractivity contribution in [2.75, 3.05) is 104 Å². The van der Waals surface area contributed by atoms with Gasteiger partial charge in [-0.15, -0.1) is 0 Å². The van der Waals surface area contributed by atoms with Gasteiger partial charge in [-0.2, -0.15) is 4.98 Å². The number of fused-ring (bicyclic) bond motifs is 1. The van der Waals surface area contributed by atoms with Gasteiger partial charge >= 0.3 is 5.97 Å². The van der Waals surface area contributed by atoms with Crippen LogP contribution in [-0.2, 0) is 41.7 Å². The molecule has 6 N–H and O–H groups in total. The molecule has 0 aliphatic carbocycles. The third-order valence-electron chi connectivity index (χ3n) is 9.55. The van der Waals surface area contributed by atoms with Gasteiger partial charge in [0.2, 0.25) is 11.9 Å². The number of nitrogens with two attached hydrogens (primary N) is 1. The molecule has 3 aromatic rings. The molecule has 17 heteroatoms. The Morgan fingerprint density at radius 2 is 1.45 bits per heavy atom. The molecule has 1 amide bonds. The summed E-state index contributed by atoms with van der Waals surface area (Å²) in [5.74, 6) is 0.566. The van der Waals surface area contributed by atoms with Crippen LogP contribution in [0.15, 0.2) is 30.5 Å². The maximum atomic E-state index is 10.6. The summed E-state index contributed by atoms with van der Waals surface area (Å²) in [5.41, 5.74) is 10.2. The monoisotopic (exact) mass is 932 g/mol. The van der Waals surface area contributed by atoms with Gasteiger partial charge in [0.05, 0.1) is 58.6 Å². The van der Waals surface area contributed by atoms with Gasteiger partial charge in [-0.3, -0.25) is 14.5 Å². The molecular weight excluding hydrogens is 843 g/mol. The number of amides is 1. The van der Waals surface area contributed by atoms with E-state index < -0.39 is 11.9 Å². The van der Waals surface area contributed by atoms with E-state index in [1.165, 1.54) is 44.1 Å². The highest BCUT2D eigenvalue weighted by molar-refractivity contribution is 5.87. The van der Waals surface area contributed by atoms with Crippen molar-refractivity contribution in [3.8, 4) is 5.75 Å². The number of carbonyl (C=O) groups is 4. The molecule has 66 heavy (non-hydrogen) atoms. The third-order valence-corrected chi connectivity index (χ3v) is 9.55. The van der Waals surface area contributed by atoms with Crippen LogP contribution in [0.25, 0.3) is 11.0 Å². The number of rotatable bonds is 27. The molecule has 0 atom stereocenters. The Balaban J connectivity index is 0. The molecule has 17 nitrogen and oxygen atoms in total. The van der Waals surface area contributed by atoms with E-state index >= 15 is 0 Å². The van der Waals surface area contributed by atoms with E-state index in [0.29, 0.717) is 51.6 Å². The number of benzene rings is 1. The minimum Gasteiger partial charge on any atom is -0.496 e. The van der Waals surface area contributed by atoms with Crippen molar-refractivity contribution in [3.05, 3.63) is 41.6 Å². The summed E-state index contributed by atoms with van der Waals surface area (Å²) in [6.07, 6.45) is 12.6. The topological polar surface area (TPSA) is 215 Å². The Labute approximate surface area is 397 Å². The number of nitrogens with zero attached hydrogens (tertiary/aromatic N) is 5. The van der Waals surface area contributed by atoms with Crippen LogP contribution in [0.5, 0.6) is 5.75 Å². The number of aromatic nitrogens is 3. The van der Waals surface area contributed by atoms with Crippen molar-refractivity contribution >= 4 is 47.2 Å². The number of carbonyl (C=O) groups excluding carboxylic acids is 3. The molecule has 0 radical (unpaired) electrons. The summed E-state index contributed by atoms with van der Waals surface area (Å²) in [5, 5.41) is 16.8. The number of unbranched alkanes of at least 4 members (excludes halogenated alkanes) is 5. The van der Waals surface area contributed by atoms with Gasteiger partial charge in [0.1, 0.15) is 23.8 Å². The molecule has 0 unspecified atom stereocenters. The minimum atomic E-state index is -1.02. The first-order valence-electron chi connectivity index (χ1n) is 24.2. The molecule has 2 aromatic heterocycles. The fourth-order valence-corrected chi connectivity index (χ4v) is 6.02. The number of hydrogen-bond acceptors (Lipinski definition) is 14. The van der Waals surface area contributed by atoms with E-state index in [4.69, 9.17) is 25.1 Å². The van der Waals surface area contributed by atoms with Crippen molar-refractivity contribution in [2.24, 2.45) is 0 Å². The number of carboxylic acid groups (broad SMARTS) is 1. The lowest BCUT2D eigenvalue weighted by molar-refractivity contribution is -0.138. The van der Waals surface area contributed by atoms with E-state index in [-0.39, 0.29) is 19.4 Å². The highest BCUT2D eigenvalue weighted by Gasteiger charge is 2.16. The van der Waals surface area contributed by atoms with Gasteiger partial charge in [-0.05, 0) is 38.2 Å². The summed E-state index contributed by atoms with van der Waals surface area (Å²) >= 11 is 0. The number of nitrogen functional groups attached to an aromatic ring is 1. The van der Waals surface area contributed by atoms with Crippen molar-refractivity contribution in [1.82, 2.24) is 35.0 Å². The lowest BCUT2D eigenvalue weighted by Crippen LogP contribution is -2.43. The van der Waals surface area contributed by atoms with Gasteiger partial charge in [-0.25, -0.2) is 4.98 Å². The molecule has 1 saturated heterocycles. The average Bonchev–Trinajstić information content (AvgIpc) is 3.74. The van der Waals surface area contributed by atoms with Crippen LogP contribution >= 0.6 is 0 Å². The Kier molecular flexibility index (Phi) is 42.4. The minimum absolute atomic E-state index is 0.0571. The van der Waals surface area contributed by atoms with Crippen molar-refractivity contribution < 1.29 is 38.5 Å². The summed E-state index contributed by atoms with van der Waals surface area (Å²) in [4.78, 5) is 53.9. The van der Waals surface area contributed by atoms with Gasteiger partial charge < -0.3 is 60.1 Å². The summed E-state index contributed by atoms with van der Waals surface area (Å²) in [6.45, 7) is 24.8. The van der Waals surface area contributed by atoms with Gasteiger partial charge in [-0.1, -0.05) is 99.1 Å². The van der Waals surface area contributed by atoms with E-state index in [1.807, 2.05) is 47.0 Å². The first-order chi connectivity index (χ1) is 32.1. The lowest BCUT2D eigenvalue weighted by atomic mass is 10.1. The number of hydrogen-bond donors (Lipinski definition) is 5. The van der Waals surface area contributed by atoms with Crippen LogP contribution in [-0.4, -0.2) is 147 Å². The lowest BCUT2D eigenvalue weighted by Gasteiger charge is -2.32. The fraction of sp³-hybridized carbons (Fsp3) is 0.673. The normalized spacial score (nSPS) is 11.9. The number of methoxy groups -OCH3 is 1. The number of piperazine rings is 1. The first-order valence-corrected chi connectivity index (χ1v) is 24.2. The number of likely N-dealkylation sites (N-methyl/N-ethyl adjacent to an activating group) is 2. The molecule has 0 saturated carbocycles. The summed E-state index contributed by atoms with van der Waals surface area (Å²) < 4.78 is 18.2. The zero-order valence-corrected chi connectivity index (χ0v) is 42.4. The fourth-order valence-electron chi connectivity index (χ4n) is 6.02. The van der Waals surface area contributed by atoms with Crippen LogP contribution in [0.4, 0.5) is 11.8 Å². The molecular formula is C49H89N9O8. The molecule has 0 bridgehead atoms. The van der Waals surface area contributed by atoms with Gasteiger partial charge in [0, 0.05) is 70.4 Å². The maximum Gasteiger partial charge on any atom is 0.303 e. The number of carboxylic acids is 1. The van der Waals surface area contributed by atoms with Gasteiger partial charge in [0.15, 0.2) is 5.82 Å². The molecule has 378 valence electrons. The van der Waals surface area contributed by atoms with Crippen LogP contribution in [0.2, 0.25) is 0 Å². The largest absolute Gasteiger partial charge is 0.496 e. The molecule has 1 aromatic carbocycles. The predicted octanol–water partition coefficient (Wildman–Crippen LogP) is 7.05. The number of aldehydes is 2. The number of aliphatic carboxylic acids is 1. The number of anilines is 2. The molecule has 1 aliphatic heterocycles. The van der Waals surface area contributed by atoms with E-state index in [2.05, 4.69) is 86.3 Å². The average molecular weight is 932 g/mol. The van der Waals surface area contributed by atoms with Crippen molar-refractivity contribution in [3.63, 3.8) is 0 Å². The molecule has 1 fully saturated rings. The molecule has 1 aliphatic rings. The first kappa shape index (κ1) is 63.4. The quantitative estimate of drug-likeness (QED) is 0.0382. The molecule has 4 rings (SSSR count). The zero-order valence-electron chi connectivity index (χ0n) is 42.4. The van der Waals surface area contributed by atoms with Crippen molar-refractivity contribution in [1.29, 1.82) is 0 Å². The van der Waals surface area contributed by atoms with E-state index in [0.717, 1.165) is 86.7 Å². The maximum absolute atomic E-state index is 10.6. The zero-order chi connectivity index (χ0) is 49.8. The highest BCUT2D eigenvalue weighted by Crippen LogP contribution is 2.27. The van der Waals surface area contributed by atoms with E-state index in [9.17, 15) is 19.2 Å². The Morgan fingerprint density at radius 1 is 0.818 bits per heavy atom. The summed E-state index contributed by atoms with van der Waals surface area (Å²) in [6, 6.07) is 8.58. The smallest absolute Gasteiger partial charge is 0.303 e. The molecule has 0 spiro atoms. The Morgan fingerprint density at radius 3 is 2.03 bits per heavy atom. The summed E-state index contributed by atoms with van der Waals surface area (Å²) in [7, 11) is 5.81. The van der Waals surface area contributed by atoms with Crippen molar-refractivity contribution in [2.45, 2.75) is 126 Å². The second-order valence-corrected chi connectivity index (χ2v) is 14.8. The van der Waals surface area contributed by atoms with Crippen LogP contribution < -0.4 is 26.4 Å².